The van der Waals surface area contributed by atoms with Crippen LogP contribution in [0.1, 0.15) is 22.5 Å². The number of aryl methyl sites for hydroxylation is 2. The third kappa shape index (κ3) is 4.50. The standard InChI is InChI=1S/C23H30N6O2/c1-15-16(2)26-20-5-4-17(12-19(15)20)23(28-24)21-13-18(29-7-10-30-11-8-29)14-22(27-21)31-9-6-25-3/h4-5,12-14,25-26H,6-11,24H2,1-3H3. The zero-order chi connectivity index (χ0) is 21.8. The van der Waals surface area contributed by atoms with Crippen molar-refractivity contribution in [1.82, 2.24) is 15.3 Å². The van der Waals surface area contributed by atoms with Crippen LogP contribution in [0.3, 0.4) is 0 Å². The molecule has 4 N–H and O–H groups in total. The maximum absolute atomic E-state index is 5.91. The number of hydrogen-bond donors (Lipinski definition) is 3. The Morgan fingerprint density at radius 1 is 1.26 bits per heavy atom. The van der Waals surface area contributed by atoms with E-state index in [-0.39, 0.29) is 0 Å². The SMILES string of the molecule is CNCCOc1cc(N2CCOCC2)cc(C(=NN)c2ccc3[nH]c(C)c(C)c3c2)n1. The first-order valence-electron chi connectivity index (χ1n) is 10.6. The molecule has 0 bridgehead atoms. The molecule has 0 amide bonds. The van der Waals surface area contributed by atoms with Gasteiger partial charge in [-0.1, -0.05) is 6.07 Å². The Kier molecular flexibility index (Phi) is 6.39. The fourth-order valence-electron chi connectivity index (χ4n) is 3.85. The number of anilines is 1. The summed E-state index contributed by atoms with van der Waals surface area (Å²) in [7, 11) is 1.90. The van der Waals surface area contributed by atoms with Crippen LogP contribution in [0, 0.1) is 13.8 Å². The van der Waals surface area contributed by atoms with Gasteiger partial charge in [0.2, 0.25) is 5.88 Å². The van der Waals surface area contributed by atoms with Gasteiger partial charge in [-0.3, -0.25) is 0 Å². The van der Waals surface area contributed by atoms with E-state index in [1.54, 1.807) is 0 Å². The second-order valence-corrected chi connectivity index (χ2v) is 7.71. The molecular weight excluding hydrogens is 392 g/mol. The minimum atomic E-state index is 0.526. The predicted molar refractivity (Wildman–Crippen MR) is 124 cm³/mol. The molecule has 3 aromatic rings. The molecule has 2 aromatic heterocycles. The summed E-state index contributed by atoms with van der Waals surface area (Å²) in [5, 5.41) is 8.37. The number of fused-ring (bicyclic) bond motifs is 1. The molecule has 31 heavy (non-hydrogen) atoms. The maximum atomic E-state index is 5.91. The molecule has 1 aromatic carbocycles. The minimum Gasteiger partial charge on any atom is -0.476 e. The molecule has 8 heteroatoms. The Balaban J connectivity index is 1.74. The van der Waals surface area contributed by atoms with E-state index in [0.29, 0.717) is 37.1 Å². The number of likely N-dealkylation sites (N-methyl/N-ethyl adjacent to an activating group) is 1. The van der Waals surface area contributed by atoms with Crippen LogP contribution in [0.2, 0.25) is 0 Å². The lowest BCUT2D eigenvalue weighted by atomic mass is 10.0. The van der Waals surface area contributed by atoms with Crippen LogP contribution in [-0.2, 0) is 4.74 Å². The Labute approximate surface area is 182 Å². The highest BCUT2D eigenvalue weighted by Gasteiger charge is 2.18. The highest BCUT2D eigenvalue weighted by Crippen LogP contribution is 2.27. The summed E-state index contributed by atoms with van der Waals surface area (Å²) >= 11 is 0. The molecule has 1 aliphatic rings. The van der Waals surface area contributed by atoms with Crippen molar-refractivity contribution < 1.29 is 9.47 Å². The number of morpholine rings is 1. The number of ether oxygens (including phenoxy) is 2. The summed E-state index contributed by atoms with van der Waals surface area (Å²) in [6.07, 6.45) is 0. The van der Waals surface area contributed by atoms with E-state index in [4.69, 9.17) is 20.3 Å². The van der Waals surface area contributed by atoms with Crippen LogP contribution in [-0.4, -0.2) is 62.2 Å². The van der Waals surface area contributed by atoms with Crippen molar-refractivity contribution in [3.05, 3.63) is 52.8 Å². The molecule has 1 aliphatic heterocycles. The summed E-state index contributed by atoms with van der Waals surface area (Å²) in [6.45, 7) is 8.50. The van der Waals surface area contributed by atoms with Crippen LogP contribution in [0.5, 0.6) is 5.88 Å². The molecule has 0 atom stereocenters. The average molecular weight is 423 g/mol. The van der Waals surface area contributed by atoms with Gasteiger partial charge in [0.05, 0.1) is 18.9 Å². The van der Waals surface area contributed by atoms with E-state index in [2.05, 4.69) is 46.3 Å². The van der Waals surface area contributed by atoms with Gasteiger partial charge < -0.3 is 30.5 Å². The van der Waals surface area contributed by atoms with Crippen LogP contribution in [0.25, 0.3) is 10.9 Å². The number of benzene rings is 1. The van der Waals surface area contributed by atoms with Gasteiger partial charge in [0, 0.05) is 53.5 Å². The number of aromatic nitrogens is 2. The number of pyridine rings is 1. The van der Waals surface area contributed by atoms with Gasteiger partial charge in [-0.05, 0) is 44.7 Å². The van der Waals surface area contributed by atoms with E-state index < -0.39 is 0 Å². The van der Waals surface area contributed by atoms with Gasteiger partial charge in [0.15, 0.2) is 0 Å². The Morgan fingerprint density at radius 2 is 2.06 bits per heavy atom. The molecule has 0 spiro atoms. The summed E-state index contributed by atoms with van der Waals surface area (Å²) in [5.41, 5.74) is 6.75. The summed E-state index contributed by atoms with van der Waals surface area (Å²) in [5.74, 6) is 6.44. The molecule has 8 nitrogen and oxygen atoms in total. The number of H-pyrrole nitrogens is 1. The topological polar surface area (TPSA) is 101 Å². The van der Waals surface area contributed by atoms with Crippen LogP contribution >= 0.6 is 0 Å². The molecular formula is C23H30N6O2. The van der Waals surface area contributed by atoms with Gasteiger partial charge in [-0.2, -0.15) is 5.10 Å². The van der Waals surface area contributed by atoms with Crippen molar-refractivity contribution in [2.45, 2.75) is 13.8 Å². The van der Waals surface area contributed by atoms with Crippen LogP contribution in [0.4, 0.5) is 5.69 Å². The molecule has 164 valence electrons. The van der Waals surface area contributed by atoms with Crippen molar-refractivity contribution in [1.29, 1.82) is 0 Å². The lowest BCUT2D eigenvalue weighted by Gasteiger charge is -2.29. The normalized spacial score (nSPS) is 14.9. The van der Waals surface area contributed by atoms with E-state index in [9.17, 15) is 0 Å². The number of nitrogens with one attached hydrogen (secondary N) is 2. The fourth-order valence-corrected chi connectivity index (χ4v) is 3.85. The molecule has 3 heterocycles. The largest absolute Gasteiger partial charge is 0.476 e. The molecule has 1 fully saturated rings. The Bertz CT molecular complexity index is 1090. The quantitative estimate of drug-likeness (QED) is 0.234. The van der Waals surface area contributed by atoms with Gasteiger partial charge in [0.25, 0.3) is 0 Å². The summed E-state index contributed by atoms with van der Waals surface area (Å²) in [6, 6.07) is 10.2. The van der Waals surface area contributed by atoms with Gasteiger partial charge in [-0.15, -0.1) is 0 Å². The smallest absolute Gasteiger partial charge is 0.215 e. The Morgan fingerprint density at radius 3 is 2.81 bits per heavy atom. The van der Waals surface area contributed by atoms with Gasteiger partial charge >= 0.3 is 0 Å². The number of aromatic amines is 1. The first-order chi connectivity index (χ1) is 15.1. The zero-order valence-corrected chi connectivity index (χ0v) is 18.4. The van der Waals surface area contributed by atoms with E-state index >= 15 is 0 Å². The Hall–Kier alpha value is -3.10. The van der Waals surface area contributed by atoms with Crippen molar-refractivity contribution in [2.24, 2.45) is 10.9 Å². The van der Waals surface area contributed by atoms with Crippen LogP contribution < -0.4 is 20.8 Å². The number of hydrazone groups is 1. The van der Waals surface area contributed by atoms with Crippen LogP contribution in [0.15, 0.2) is 35.4 Å². The molecule has 0 unspecified atom stereocenters. The number of hydrogen-bond acceptors (Lipinski definition) is 7. The van der Waals surface area contributed by atoms with Gasteiger partial charge in [-0.25, -0.2) is 4.98 Å². The number of rotatable bonds is 7. The van der Waals surface area contributed by atoms with Crippen molar-refractivity contribution >= 4 is 22.3 Å². The van der Waals surface area contributed by atoms with Crippen molar-refractivity contribution in [2.75, 3.05) is 51.4 Å². The molecule has 0 radical (unpaired) electrons. The highest BCUT2D eigenvalue weighted by atomic mass is 16.5. The molecule has 0 aliphatic carbocycles. The van der Waals surface area contributed by atoms with Gasteiger partial charge in [0.1, 0.15) is 12.3 Å². The lowest BCUT2D eigenvalue weighted by molar-refractivity contribution is 0.122. The van der Waals surface area contributed by atoms with Crippen molar-refractivity contribution in [3.8, 4) is 5.88 Å². The minimum absolute atomic E-state index is 0.526. The number of nitrogens with two attached hydrogens (primary N) is 1. The number of nitrogens with zero attached hydrogens (tertiary/aromatic N) is 3. The second-order valence-electron chi connectivity index (χ2n) is 7.71. The average Bonchev–Trinajstić information content (AvgIpc) is 3.08. The zero-order valence-electron chi connectivity index (χ0n) is 18.4. The second kappa shape index (κ2) is 9.36. The third-order valence-corrected chi connectivity index (χ3v) is 5.72. The third-order valence-electron chi connectivity index (χ3n) is 5.72. The first-order valence-corrected chi connectivity index (χ1v) is 10.6. The monoisotopic (exact) mass is 422 g/mol. The molecule has 4 rings (SSSR count). The van der Waals surface area contributed by atoms with E-state index in [1.807, 2.05) is 25.2 Å². The predicted octanol–water partition coefficient (Wildman–Crippen LogP) is 2.33. The molecule has 1 saturated heterocycles. The van der Waals surface area contributed by atoms with E-state index in [0.717, 1.165) is 47.5 Å². The van der Waals surface area contributed by atoms with Crippen molar-refractivity contribution in [3.63, 3.8) is 0 Å². The summed E-state index contributed by atoms with van der Waals surface area (Å²) in [4.78, 5) is 10.4. The molecule has 0 saturated carbocycles. The lowest BCUT2D eigenvalue weighted by Crippen LogP contribution is -2.36. The first kappa shape index (κ1) is 21.1. The maximum Gasteiger partial charge on any atom is 0.215 e. The fraction of sp³-hybridized carbons (Fsp3) is 0.391. The summed E-state index contributed by atoms with van der Waals surface area (Å²) < 4.78 is 11.4. The van der Waals surface area contributed by atoms with E-state index in [1.165, 1.54) is 5.56 Å². The highest BCUT2D eigenvalue weighted by molar-refractivity contribution is 6.13.